The number of carbonyl (C=O) groups excluding carboxylic acids is 1. The zero-order chi connectivity index (χ0) is 23.3. The van der Waals surface area contributed by atoms with E-state index in [-0.39, 0.29) is 48.5 Å². The van der Waals surface area contributed by atoms with Crippen molar-refractivity contribution in [1.82, 2.24) is 4.31 Å². The van der Waals surface area contributed by atoms with Gasteiger partial charge in [-0.05, 0) is 30.7 Å². The molecule has 0 unspecified atom stereocenters. The summed E-state index contributed by atoms with van der Waals surface area (Å²) in [6.07, 6.45) is 0. The summed E-state index contributed by atoms with van der Waals surface area (Å²) < 4.78 is 32.8. The lowest BCUT2D eigenvalue weighted by molar-refractivity contribution is -0.385. The number of benzene rings is 2. The molecule has 1 saturated heterocycles. The molecule has 0 spiro atoms. The van der Waals surface area contributed by atoms with Crippen LogP contribution in [0.3, 0.4) is 0 Å². The van der Waals surface area contributed by atoms with Gasteiger partial charge in [0.25, 0.3) is 5.69 Å². The van der Waals surface area contributed by atoms with E-state index < -0.39 is 14.9 Å². The number of rotatable bonds is 7. The van der Waals surface area contributed by atoms with Crippen LogP contribution < -0.4 is 10.7 Å². The van der Waals surface area contributed by atoms with Crippen LogP contribution in [0.1, 0.15) is 19.4 Å². The van der Waals surface area contributed by atoms with Gasteiger partial charge in [-0.2, -0.15) is 9.41 Å². The van der Waals surface area contributed by atoms with Crippen LogP contribution in [0, 0.1) is 10.1 Å². The molecule has 1 aliphatic heterocycles. The fourth-order valence-electron chi connectivity index (χ4n) is 3.09. The van der Waals surface area contributed by atoms with Gasteiger partial charge in [-0.3, -0.25) is 20.3 Å². The number of hydrogen-bond acceptors (Lipinski definition) is 8. The zero-order valence-corrected chi connectivity index (χ0v) is 18.4. The highest BCUT2D eigenvalue weighted by Crippen LogP contribution is 2.29. The molecule has 32 heavy (non-hydrogen) atoms. The van der Waals surface area contributed by atoms with Crippen molar-refractivity contribution in [3.05, 3.63) is 58.1 Å². The molecule has 0 saturated carbocycles. The molecule has 2 N–H and O–H groups in total. The second-order valence-electron chi connectivity index (χ2n) is 7.03. The summed E-state index contributed by atoms with van der Waals surface area (Å²) in [5.74, 6) is -0.210. The van der Waals surface area contributed by atoms with E-state index in [1.54, 1.807) is 31.2 Å². The average Bonchev–Trinajstić information content (AvgIpc) is 2.77. The van der Waals surface area contributed by atoms with Gasteiger partial charge in [0.1, 0.15) is 4.90 Å². The number of non-ortho nitro benzene ring substituents is 1. The normalized spacial score (nSPS) is 15.2. The highest BCUT2D eigenvalue weighted by atomic mass is 32.2. The predicted octanol–water partition coefficient (Wildman–Crippen LogP) is 2.41. The van der Waals surface area contributed by atoms with Gasteiger partial charge in [0.15, 0.2) is 0 Å². The molecule has 1 heterocycles. The first kappa shape index (κ1) is 23.3. The first-order valence-corrected chi connectivity index (χ1v) is 11.2. The maximum Gasteiger partial charge on any atom is 0.270 e. The van der Waals surface area contributed by atoms with E-state index in [0.29, 0.717) is 17.0 Å². The summed E-state index contributed by atoms with van der Waals surface area (Å²) >= 11 is 0. The monoisotopic (exact) mass is 461 g/mol. The second-order valence-corrected chi connectivity index (χ2v) is 8.93. The van der Waals surface area contributed by atoms with Crippen LogP contribution in [-0.4, -0.2) is 55.6 Å². The molecule has 0 aliphatic carbocycles. The van der Waals surface area contributed by atoms with Gasteiger partial charge >= 0.3 is 0 Å². The number of nitro benzene ring substituents is 1. The summed E-state index contributed by atoms with van der Waals surface area (Å²) in [6, 6.07) is 10.5. The predicted molar refractivity (Wildman–Crippen MR) is 119 cm³/mol. The standard InChI is InChI=1S/C20H23N5O6S/c1-14(16-4-3-5-17(12-16)21-15(2)26)22-23-19-7-6-18(25(27)28)13-20(19)32(29,30)24-8-10-31-11-9-24/h3-7,12-13,23H,8-11H2,1-2H3,(H,21,26). The number of hydrazone groups is 1. The number of anilines is 2. The van der Waals surface area contributed by atoms with Crippen molar-refractivity contribution in [2.75, 3.05) is 37.0 Å². The summed E-state index contributed by atoms with van der Waals surface area (Å²) in [6.45, 7) is 3.92. The minimum atomic E-state index is -4.01. The lowest BCUT2D eigenvalue weighted by atomic mass is 10.1. The van der Waals surface area contributed by atoms with Gasteiger partial charge in [-0.1, -0.05) is 12.1 Å². The molecule has 3 rings (SSSR count). The Bertz CT molecular complexity index is 1160. The molecule has 12 heteroatoms. The Morgan fingerprint density at radius 1 is 1.16 bits per heavy atom. The maximum absolute atomic E-state index is 13.2. The zero-order valence-electron chi connectivity index (χ0n) is 17.6. The molecule has 2 aromatic carbocycles. The lowest BCUT2D eigenvalue weighted by Gasteiger charge is -2.26. The van der Waals surface area contributed by atoms with E-state index in [4.69, 9.17) is 4.74 Å². The third-order valence-electron chi connectivity index (χ3n) is 4.71. The number of carbonyl (C=O) groups is 1. The van der Waals surface area contributed by atoms with Crippen molar-refractivity contribution in [3.63, 3.8) is 0 Å². The largest absolute Gasteiger partial charge is 0.379 e. The van der Waals surface area contributed by atoms with Crippen molar-refractivity contribution in [1.29, 1.82) is 0 Å². The summed E-state index contributed by atoms with van der Waals surface area (Å²) in [5, 5.41) is 18.2. The van der Waals surface area contributed by atoms with E-state index in [2.05, 4.69) is 15.8 Å². The molecule has 1 aliphatic rings. The topological polar surface area (TPSA) is 143 Å². The van der Waals surface area contributed by atoms with Crippen molar-refractivity contribution < 1.29 is 22.9 Å². The lowest BCUT2D eigenvalue weighted by Crippen LogP contribution is -2.40. The molecule has 1 fully saturated rings. The number of nitro groups is 1. The number of hydrogen-bond donors (Lipinski definition) is 2. The van der Waals surface area contributed by atoms with Crippen molar-refractivity contribution in [2.24, 2.45) is 5.10 Å². The summed E-state index contributed by atoms with van der Waals surface area (Å²) in [7, 11) is -4.01. The third kappa shape index (κ3) is 5.46. The molecule has 170 valence electrons. The van der Waals surface area contributed by atoms with Crippen LogP contribution in [0.2, 0.25) is 0 Å². The Morgan fingerprint density at radius 3 is 2.53 bits per heavy atom. The van der Waals surface area contributed by atoms with Crippen molar-refractivity contribution in [3.8, 4) is 0 Å². The van der Waals surface area contributed by atoms with Gasteiger partial charge in [0.05, 0.1) is 29.5 Å². The van der Waals surface area contributed by atoms with Gasteiger partial charge in [0.2, 0.25) is 15.9 Å². The highest BCUT2D eigenvalue weighted by molar-refractivity contribution is 7.89. The van der Waals surface area contributed by atoms with Gasteiger partial charge < -0.3 is 10.1 Å². The molecular weight excluding hydrogens is 438 g/mol. The highest BCUT2D eigenvalue weighted by Gasteiger charge is 2.30. The SMILES string of the molecule is CC(=O)Nc1cccc(C(C)=NNc2ccc([N+](=O)[O-])cc2S(=O)(=O)N2CCOCC2)c1. The number of sulfonamides is 1. The van der Waals surface area contributed by atoms with Crippen molar-refractivity contribution in [2.45, 2.75) is 18.7 Å². The average molecular weight is 462 g/mol. The van der Waals surface area contributed by atoms with Crippen LogP contribution in [0.25, 0.3) is 0 Å². The van der Waals surface area contributed by atoms with E-state index in [1.807, 2.05) is 0 Å². The summed E-state index contributed by atoms with van der Waals surface area (Å²) in [4.78, 5) is 21.6. The van der Waals surface area contributed by atoms with E-state index in [9.17, 15) is 23.3 Å². The molecule has 2 aromatic rings. The molecule has 0 radical (unpaired) electrons. The molecule has 0 bridgehead atoms. The Morgan fingerprint density at radius 2 is 1.88 bits per heavy atom. The number of nitrogens with one attached hydrogen (secondary N) is 2. The Balaban J connectivity index is 1.94. The van der Waals surface area contributed by atoms with Crippen LogP contribution >= 0.6 is 0 Å². The Hall–Kier alpha value is -3.35. The van der Waals surface area contributed by atoms with E-state index in [1.165, 1.54) is 23.4 Å². The van der Waals surface area contributed by atoms with Crippen LogP contribution in [0.15, 0.2) is 52.5 Å². The molecule has 0 aromatic heterocycles. The number of ether oxygens (including phenoxy) is 1. The Kier molecular flexibility index (Phi) is 7.18. The van der Waals surface area contributed by atoms with Gasteiger partial charge in [0, 0.05) is 37.8 Å². The quantitative estimate of drug-likeness (QED) is 0.366. The second kappa shape index (κ2) is 9.85. The summed E-state index contributed by atoms with van der Waals surface area (Å²) in [5.41, 5.74) is 4.30. The van der Waals surface area contributed by atoms with Gasteiger partial charge in [-0.15, -0.1) is 0 Å². The van der Waals surface area contributed by atoms with Crippen LogP contribution in [0.4, 0.5) is 17.1 Å². The number of nitrogens with zero attached hydrogens (tertiary/aromatic N) is 3. The van der Waals surface area contributed by atoms with E-state index in [0.717, 1.165) is 6.07 Å². The fraction of sp³-hybridized carbons (Fsp3) is 0.300. The number of morpholine rings is 1. The minimum Gasteiger partial charge on any atom is -0.379 e. The fourth-order valence-corrected chi connectivity index (χ4v) is 4.66. The van der Waals surface area contributed by atoms with E-state index >= 15 is 0 Å². The Labute approximate surface area is 185 Å². The first-order chi connectivity index (χ1) is 15.2. The van der Waals surface area contributed by atoms with Gasteiger partial charge in [-0.25, -0.2) is 8.42 Å². The smallest absolute Gasteiger partial charge is 0.270 e. The number of amides is 1. The molecule has 11 nitrogen and oxygen atoms in total. The third-order valence-corrected chi connectivity index (χ3v) is 6.65. The maximum atomic E-state index is 13.2. The first-order valence-electron chi connectivity index (χ1n) is 9.73. The van der Waals surface area contributed by atoms with Crippen LogP contribution in [-0.2, 0) is 19.6 Å². The minimum absolute atomic E-state index is 0.111. The molecule has 0 atom stereocenters. The molecular formula is C20H23N5O6S. The molecule has 1 amide bonds. The van der Waals surface area contributed by atoms with Crippen LogP contribution in [0.5, 0.6) is 0 Å². The van der Waals surface area contributed by atoms with Crippen molar-refractivity contribution >= 4 is 38.7 Å².